The van der Waals surface area contributed by atoms with Gasteiger partial charge in [0.25, 0.3) is 0 Å². The van der Waals surface area contributed by atoms with Crippen molar-refractivity contribution in [2.45, 2.75) is 18.4 Å². The molecule has 5 nitrogen and oxygen atoms in total. The van der Waals surface area contributed by atoms with Gasteiger partial charge in [0.15, 0.2) is 11.3 Å². The van der Waals surface area contributed by atoms with Crippen molar-refractivity contribution in [3.05, 3.63) is 46.7 Å². The van der Waals surface area contributed by atoms with Crippen LogP contribution < -0.4 is 5.32 Å². The van der Waals surface area contributed by atoms with Gasteiger partial charge in [-0.2, -0.15) is 0 Å². The van der Waals surface area contributed by atoms with Gasteiger partial charge in [-0.1, -0.05) is 23.7 Å². The molecular formula is C14H12ClNO4. The second-order valence-electron chi connectivity index (χ2n) is 4.84. The number of benzene rings is 1. The molecule has 0 bridgehead atoms. The Morgan fingerprint density at radius 2 is 1.95 bits per heavy atom. The normalized spacial score (nSPS) is 15.8. The summed E-state index contributed by atoms with van der Waals surface area (Å²) in [6.45, 7) is 0. The lowest BCUT2D eigenvalue weighted by Gasteiger charge is -2.18. The smallest absolute Gasteiger partial charge is 0.345 e. The van der Waals surface area contributed by atoms with Crippen molar-refractivity contribution >= 4 is 23.5 Å². The van der Waals surface area contributed by atoms with Crippen molar-refractivity contribution in [3.63, 3.8) is 0 Å². The molecule has 0 amide bonds. The fraction of sp³-hybridized carbons (Fsp3) is 0.214. The van der Waals surface area contributed by atoms with Crippen LogP contribution in [0.25, 0.3) is 0 Å². The third-order valence-corrected chi connectivity index (χ3v) is 3.74. The summed E-state index contributed by atoms with van der Waals surface area (Å²) in [7, 11) is 0. The number of aromatic hydroxyl groups is 1. The molecule has 6 heteroatoms. The molecule has 1 heterocycles. The molecule has 1 aromatic heterocycles. The number of furan rings is 1. The van der Waals surface area contributed by atoms with Crippen molar-refractivity contribution in [3.8, 4) is 5.75 Å². The summed E-state index contributed by atoms with van der Waals surface area (Å²) < 4.78 is 5.11. The lowest BCUT2D eigenvalue weighted by Crippen LogP contribution is -2.19. The number of hydrogen-bond donors (Lipinski definition) is 3. The number of halogens is 1. The Hall–Kier alpha value is -2.14. The van der Waals surface area contributed by atoms with Gasteiger partial charge in [0.2, 0.25) is 5.88 Å². The number of aromatic carboxylic acids is 1. The molecule has 0 spiro atoms. The second kappa shape index (κ2) is 4.45. The molecule has 1 aliphatic carbocycles. The van der Waals surface area contributed by atoms with Crippen LogP contribution in [-0.2, 0) is 5.54 Å². The first-order valence-corrected chi connectivity index (χ1v) is 6.48. The van der Waals surface area contributed by atoms with Gasteiger partial charge in [0, 0.05) is 5.02 Å². The van der Waals surface area contributed by atoms with E-state index in [-0.39, 0.29) is 22.7 Å². The molecule has 1 saturated carbocycles. The van der Waals surface area contributed by atoms with E-state index < -0.39 is 5.97 Å². The number of carboxylic acids is 1. The van der Waals surface area contributed by atoms with E-state index in [1.165, 1.54) is 0 Å². The van der Waals surface area contributed by atoms with E-state index in [1.807, 2.05) is 12.1 Å². The van der Waals surface area contributed by atoms with Gasteiger partial charge in [-0.3, -0.25) is 0 Å². The Balaban J connectivity index is 1.91. The zero-order valence-electron chi connectivity index (χ0n) is 10.4. The van der Waals surface area contributed by atoms with Crippen molar-refractivity contribution in [2.75, 3.05) is 5.32 Å². The van der Waals surface area contributed by atoms with Crippen LogP contribution in [0.15, 0.2) is 34.9 Å². The molecule has 3 N–H and O–H groups in total. The molecule has 0 radical (unpaired) electrons. The largest absolute Gasteiger partial charge is 0.504 e. The van der Waals surface area contributed by atoms with Crippen LogP contribution in [0.2, 0.25) is 5.02 Å². The molecule has 20 heavy (non-hydrogen) atoms. The average molecular weight is 294 g/mol. The summed E-state index contributed by atoms with van der Waals surface area (Å²) in [6.07, 6.45) is 2.73. The van der Waals surface area contributed by atoms with Crippen molar-refractivity contribution < 1.29 is 19.4 Å². The summed E-state index contributed by atoms with van der Waals surface area (Å²) >= 11 is 5.86. The average Bonchev–Trinajstić information content (AvgIpc) is 3.08. The fourth-order valence-electron chi connectivity index (χ4n) is 2.24. The molecule has 0 saturated heterocycles. The number of rotatable bonds is 4. The van der Waals surface area contributed by atoms with Crippen LogP contribution in [0.1, 0.15) is 28.8 Å². The topological polar surface area (TPSA) is 82.7 Å². The van der Waals surface area contributed by atoms with Gasteiger partial charge in [0.1, 0.15) is 6.26 Å². The number of hydrogen-bond acceptors (Lipinski definition) is 4. The van der Waals surface area contributed by atoms with E-state index >= 15 is 0 Å². The summed E-state index contributed by atoms with van der Waals surface area (Å²) in [5.74, 6) is -1.54. The maximum Gasteiger partial charge on any atom is 0.345 e. The van der Waals surface area contributed by atoms with Crippen molar-refractivity contribution in [1.82, 2.24) is 0 Å². The molecule has 104 valence electrons. The Kier molecular flexibility index (Phi) is 2.87. The number of nitrogens with one attached hydrogen (secondary N) is 1. The monoisotopic (exact) mass is 293 g/mol. The zero-order valence-corrected chi connectivity index (χ0v) is 11.1. The van der Waals surface area contributed by atoms with Gasteiger partial charge in [-0.15, -0.1) is 0 Å². The lowest BCUT2D eigenvalue weighted by atomic mass is 10.0. The first-order valence-electron chi connectivity index (χ1n) is 6.10. The summed E-state index contributed by atoms with van der Waals surface area (Å²) in [5, 5.41) is 22.3. The minimum Gasteiger partial charge on any atom is -0.504 e. The molecule has 1 aliphatic rings. The molecule has 0 unspecified atom stereocenters. The minimum absolute atomic E-state index is 0.0717. The predicted octanol–water partition coefficient (Wildman–Crippen LogP) is 3.44. The third-order valence-electron chi connectivity index (χ3n) is 3.49. The van der Waals surface area contributed by atoms with Crippen LogP contribution in [0.4, 0.5) is 5.88 Å². The number of carboxylic acid groups (broad SMARTS) is 1. The number of carbonyl (C=O) groups is 1. The molecule has 1 aromatic carbocycles. The zero-order chi connectivity index (χ0) is 14.3. The van der Waals surface area contributed by atoms with Gasteiger partial charge >= 0.3 is 5.97 Å². The molecular weight excluding hydrogens is 282 g/mol. The van der Waals surface area contributed by atoms with Crippen LogP contribution in [0, 0.1) is 0 Å². The standard InChI is InChI=1S/C14H12ClNO4/c15-9-3-1-8(2-4-9)14(5-6-14)16-12-11(13(18)19)10(17)7-20-12/h1-4,7,16-17H,5-6H2,(H,18,19). The third kappa shape index (κ3) is 2.10. The van der Waals surface area contributed by atoms with Gasteiger partial charge in [-0.05, 0) is 30.5 Å². The van der Waals surface area contributed by atoms with Gasteiger partial charge in [0.05, 0.1) is 5.54 Å². The summed E-state index contributed by atoms with van der Waals surface area (Å²) in [5.41, 5.74) is 0.415. The highest BCUT2D eigenvalue weighted by molar-refractivity contribution is 6.30. The lowest BCUT2D eigenvalue weighted by molar-refractivity contribution is 0.0694. The first-order chi connectivity index (χ1) is 9.52. The molecule has 3 rings (SSSR count). The highest BCUT2D eigenvalue weighted by atomic mass is 35.5. The highest BCUT2D eigenvalue weighted by Gasteiger charge is 2.46. The number of anilines is 1. The van der Waals surface area contributed by atoms with Crippen LogP contribution in [-0.4, -0.2) is 16.2 Å². The van der Waals surface area contributed by atoms with Gasteiger partial charge in [-0.25, -0.2) is 4.79 Å². The Labute approximate surface area is 119 Å². The highest BCUT2D eigenvalue weighted by Crippen LogP contribution is 2.49. The predicted molar refractivity (Wildman–Crippen MR) is 73.3 cm³/mol. The van der Waals surface area contributed by atoms with Crippen LogP contribution in [0.3, 0.4) is 0 Å². The Morgan fingerprint density at radius 3 is 2.50 bits per heavy atom. The van der Waals surface area contributed by atoms with Gasteiger partial charge < -0.3 is 19.9 Å². The Bertz CT molecular complexity index is 658. The summed E-state index contributed by atoms with van der Waals surface area (Å²) in [4.78, 5) is 11.1. The molecule has 0 aliphatic heterocycles. The van der Waals surface area contributed by atoms with Crippen LogP contribution in [0.5, 0.6) is 5.75 Å². The molecule has 1 fully saturated rings. The Morgan fingerprint density at radius 1 is 1.30 bits per heavy atom. The molecule has 0 atom stereocenters. The first kappa shape index (κ1) is 12.9. The van der Waals surface area contributed by atoms with E-state index in [0.29, 0.717) is 5.02 Å². The second-order valence-corrected chi connectivity index (χ2v) is 5.28. The van der Waals surface area contributed by atoms with E-state index in [1.54, 1.807) is 12.1 Å². The maximum atomic E-state index is 11.1. The van der Waals surface area contributed by atoms with E-state index in [2.05, 4.69) is 5.32 Å². The quantitative estimate of drug-likeness (QED) is 0.804. The van der Waals surface area contributed by atoms with E-state index in [9.17, 15) is 9.90 Å². The van der Waals surface area contributed by atoms with E-state index in [4.69, 9.17) is 21.1 Å². The maximum absolute atomic E-state index is 11.1. The van der Waals surface area contributed by atoms with Crippen molar-refractivity contribution in [2.24, 2.45) is 0 Å². The van der Waals surface area contributed by atoms with Crippen LogP contribution >= 0.6 is 11.6 Å². The summed E-state index contributed by atoms with van der Waals surface area (Å²) in [6, 6.07) is 7.36. The van der Waals surface area contributed by atoms with Crippen molar-refractivity contribution in [1.29, 1.82) is 0 Å². The fourth-order valence-corrected chi connectivity index (χ4v) is 2.37. The molecule has 2 aromatic rings. The van der Waals surface area contributed by atoms with E-state index in [0.717, 1.165) is 24.7 Å². The SMILES string of the molecule is O=C(O)c1c(O)coc1NC1(c2ccc(Cl)cc2)CC1. The minimum atomic E-state index is -1.23.